The van der Waals surface area contributed by atoms with E-state index in [0.717, 1.165) is 7.06 Å². The van der Waals surface area contributed by atoms with Gasteiger partial charge in [0.05, 0.1) is 3.53 Å². The molecule has 0 nitrogen and oxygen atoms in total. The molecule has 0 unspecified atom stereocenters. The normalized spacial score (nSPS) is 9.58. The summed E-state index contributed by atoms with van der Waals surface area (Å²) in [5.41, 5.74) is 0. The largest absolute Gasteiger partial charge is 0.217 e. The Hall–Kier alpha value is 1.58. The minimum atomic E-state index is -0.0638. The summed E-state index contributed by atoms with van der Waals surface area (Å²) in [6, 6.07) is 0. The number of hydrogen-bond donors (Lipinski definition) is 2. The highest BCUT2D eigenvalue weighted by Crippen LogP contribution is 2.17. The van der Waals surface area contributed by atoms with Crippen LogP contribution in [-0.4, -0.2) is 32.1 Å². The first-order chi connectivity index (χ1) is 5.45. The van der Waals surface area contributed by atoms with Crippen LogP contribution in [0.2, 0.25) is 0 Å². The predicted molar refractivity (Wildman–Crippen MR) is 82.0 cm³/mol. The summed E-state index contributed by atoms with van der Waals surface area (Å²) in [6.45, 7) is 0. The number of rotatable bonds is 0. The molecule has 0 radical (unpaired) electrons. The summed E-state index contributed by atoms with van der Waals surface area (Å²) < 4.78 is 1.86. The van der Waals surface area contributed by atoms with E-state index in [0.29, 0.717) is 0 Å². The summed E-state index contributed by atoms with van der Waals surface area (Å²) in [5, 5.41) is 0. The first-order valence-corrected chi connectivity index (χ1v) is 8.92. The van der Waals surface area contributed by atoms with Gasteiger partial charge < -0.3 is 0 Å². The maximum absolute atomic E-state index is 4.78. The summed E-state index contributed by atoms with van der Waals surface area (Å²) in [7, 11) is -0.0638. The molecule has 0 aromatic heterocycles. The lowest BCUT2D eigenvalue weighted by Crippen LogP contribution is -1.77. The molecule has 0 amide bonds. The minimum Gasteiger partial charge on any atom is -0.217 e. The second-order valence-corrected chi connectivity index (χ2v) is 8.70. The van der Waals surface area contributed by atoms with Crippen LogP contribution < -0.4 is 0 Å². The third kappa shape index (κ3) is 14.1. The Bertz CT molecular complexity index is 133. The van der Waals surface area contributed by atoms with Gasteiger partial charge in [-0.1, -0.05) is 24.4 Å². The van der Waals surface area contributed by atoms with E-state index in [1.807, 2.05) is 12.5 Å². The van der Waals surface area contributed by atoms with Crippen molar-refractivity contribution in [3.8, 4) is 0 Å². The molecule has 0 spiro atoms. The van der Waals surface area contributed by atoms with Crippen LogP contribution in [0.15, 0.2) is 0 Å². The van der Waals surface area contributed by atoms with E-state index in [-0.39, 0.29) is 10.9 Å². The first kappa shape index (κ1) is 16.0. The molecule has 0 aromatic carbocycles. The van der Waals surface area contributed by atoms with E-state index in [4.69, 9.17) is 24.4 Å². The van der Waals surface area contributed by atoms with Crippen LogP contribution in [0, 0.1) is 0 Å². The van der Waals surface area contributed by atoms with Crippen LogP contribution in [0.5, 0.6) is 0 Å². The third-order valence-electron chi connectivity index (χ3n) is 0.716. The lowest BCUT2D eigenvalue weighted by molar-refractivity contribution is 2.34. The fraction of sp³-hybridized carbons (Fsp3) is 0.667. The van der Waals surface area contributed by atoms with E-state index < -0.39 is 0 Å². The highest BCUT2D eigenvalue weighted by atomic mass is 32.3. The fourth-order valence-electron chi connectivity index (χ4n) is 0.0833. The van der Waals surface area contributed by atoms with Gasteiger partial charge in [0.1, 0.15) is 3.53 Å². The molecule has 6 heteroatoms. The van der Waals surface area contributed by atoms with E-state index in [9.17, 15) is 0 Å². The van der Waals surface area contributed by atoms with Crippen molar-refractivity contribution in [1.29, 1.82) is 0 Å². The molecule has 0 heterocycles. The topological polar surface area (TPSA) is 0 Å². The highest BCUT2D eigenvalue weighted by molar-refractivity contribution is 8.49. The van der Waals surface area contributed by atoms with Crippen molar-refractivity contribution < 1.29 is 0 Å². The molecule has 12 heavy (non-hydrogen) atoms. The van der Waals surface area contributed by atoms with Crippen molar-refractivity contribution >= 4 is 78.5 Å². The molecule has 0 saturated carbocycles. The van der Waals surface area contributed by atoms with Gasteiger partial charge in [0.25, 0.3) is 0 Å². The Morgan fingerprint density at radius 1 is 1.17 bits per heavy atom. The maximum Gasteiger partial charge on any atom is 0.103 e. The van der Waals surface area contributed by atoms with Gasteiger partial charge in [0.15, 0.2) is 0 Å². The number of thiocarbonyl (C=S) groups is 2. The smallest absolute Gasteiger partial charge is 0.103 e. The van der Waals surface area contributed by atoms with Gasteiger partial charge in [-0.15, -0.1) is 36.2 Å². The Morgan fingerprint density at radius 3 is 1.42 bits per heavy atom. The van der Waals surface area contributed by atoms with Gasteiger partial charge in [0.2, 0.25) is 0 Å². The minimum absolute atomic E-state index is 0.0638. The molecule has 0 aliphatic heterocycles. The maximum atomic E-state index is 4.78. The molecule has 0 aliphatic carbocycles. The molecule has 0 rings (SSSR count). The van der Waals surface area contributed by atoms with Gasteiger partial charge in [-0.05, 0) is 25.0 Å². The standard InChI is InChI=1S/C3H8S3.C3H6S3/c1-6(2)3(4)5;1-5-3(4)6-2/h6H,1-2H3,(H,4,5);1-2H3. The van der Waals surface area contributed by atoms with Crippen LogP contribution in [0.4, 0.5) is 0 Å². The van der Waals surface area contributed by atoms with E-state index in [1.165, 1.54) is 0 Å². The Morgan fingerprint density at radius 2 is 1.42 bits per heavy atom. The van der Waals surface area contributed by atoms with Gasteiger partial charge in [0, 0.05) is 0 Å². The molecule has 0 N–H and O–H groups in total. The molecule has 0 saturated heterocycles. The van der Waals surface area contributed by atoms with Crippen LogP contribution >= 0.6 is 71.5 Å². The molecular formula is C6H14S6. The second-order valence-electron chi connectivity index (χ2n) is 1.84. The number of hydrogen-bond acceptors (Lipinski definition) is 4. The van der Waals surface area contributed by atoms with Crippen LogP contribution in [-0.2, 0) is 0 Å². The van der Waals surface area contributed by atoms with Crippen molar-refractivity contribution in [2.75, 3.05) is 25.0 Å². The SMILES string of the molecule is CSC(=S)SC.C[SH](C)C(=S)S. The zero-order chi connectivity index (χ0) is 10.1. The summed E-state index contributed by atoms with van der Waals surface area (Å²) in [6.07, 6.45) is 8.15. The van der Waals surface area contributed by atoms with Crippen molar-refractivity contribution in [2.24, 2.45) is 0 Å². The molecule has 0 atom stereocenters. The fourth-order valence-corrected chi connectivity index (χ4v) is 0.750. The van der Waals surface area contributed by atoms with E-state index in [1.54, 1.807) is 23.5 Å². The number of thioether (sulfide) groups is 2. The lowest BCUT2D eigenvalue weighted by atomic mass is 11.8. The van der Waals surface area contributed by atoms with Crippen molar-refractivity contribution in [3.05, 3.63) is 0 Å². The van der Waals surface area contributed by atoms with Gasteiger partial charge in [-0.2, -0.15) is 0 Å². The Balaban J connectivity index is 0. The average Bonchev–Trinajstić information content (AvgIpc) is 2.04. The summed E-state index contributed by atoms with van der Waals surface area (Å²) >= 11 is 16.7. The van der Waals surface area contributed by atoms with Gasteiger partial charge >= 0.3 is 0 Å². The first-order valence-electron chi connectivity index (χ1n) is 2.97. The summed E-state index contributed by atoms with van der Waals surface area (Å²) in [4.78, 5) is 0. The molecule has 74 valence electrons. The number of thiol groups is 2. The van der Waals surface area contributed by atoms with Crippen LogP contribution in [0.3, 0.4) is 0 Å². The third-order valence-corrected chi connectivity index (χ3v) is 6.44. The molecule has 0 aliphatic rings. The van der Waals surface area contributed by atoms with E-state index >= 15 is 0 Å². The zero-order valence-electron chi connectivity index (χ0n) is 7.53. The quantitative estimate of drug-likeness (QED) is 0.514. The van der Waals surface area contributed by atoms with Crippen LogP contribution in [0.1, 0.15) is 0 Å². The molecule has 0 bridgehead atoms. The van der Waals surface area contributed by atoms with Crippen molar-refractivity contribution in [1.82, 2.24) is 0 Å². The predicted octanol–water partition coefficient (Wildman–Crippen LogP) is 3.46. The second kappa shape index (κ2) is 10.7. The monoisotopic (exact) mass is 278 g/mol. The van der Waals surface area contributed by atoms with Crippen molar-refractivity contribution in [3.63, 3.8) is 0 Å². The Labute approximate surface area is 103 Å². The summed E-state index contributed by atoms with van der Waals surface area (Å²) in [5.74, 6) is 0. The van der Waals surface area contributed by atoms with Crippen LogP contribution in [0.25, 0.3) is 0 Å². The average molecular weight is 279 g/mol. The van der Waals surface area contributed by atoms with E-state index in [2.05, 4.69) is 25.1 Å². The Kier molecular flexibility index (Phi) is 14.2. The molecular weight excluding hydrogens is 264 g/mol. The molecule has 0 fully saturated rings. The molecule has 0 aromatic rings. The van der Waals surface area contributed by atoms with Crippen molar-refractivity contribution in [2.45, 2.75) is 0 Å². The van der Waals surface area contributed by atoms with Gasteiger partial charge in [-0.25, -0.2) is 10.9 Å². The van der Waals surface area contributed by atoms with Gasteiger partial charge in [-0.3, -0.25) is 0 Å². The lowest BCUT2D eigenvalue weighted by Gasteiger charge is -2.00. The zero-order valence-corrected chi connectivity index (χ0v) is 12.6. The highest BCUT2D eigenvalue weighted by Gasteiger charge is 1.85.